The Morgan fingerprint density at radius 3 is 2.62 bits per heavy atom. The van der Waals surface area contributed by atoms with Crippen molar-refractivity contribution in [3.05, 3.63) is 18.3 Å². The number of hydrogen-bond acceptors (Lipinski definition) is 3. The molecule has 0 amide bonds. The highest BCUT2D eigenvalue weighted by Gasteiger charge is 2.02. The first kappa shape index (κ1) is 9.84. The quantitative estimate of drug-likeness (QED) is 0.708. The highest BCUT2D eigenvalue weighted by molar-refractivity contribution is 5.47. The molecule has 72 valence electrons. The Labute approximate surface area is 79.3 Å². The Morgan fingerprint density at radius 1 is 1.38 bits per heavy atom. The molecule has 0 aliphatic heterocycles. The molecule has 1 rings (SSSR count). The van der Waals surface area contributed by atoms with Crippen LogP contribution in [0.1, 0.15) is 13.8 Å². The van der Waals surface area contributed by atoms with Gasteiger partial charge in [-0.25, -0.2) is 4.98 Å². The highest BCUT2D eigenvalue weighted by Crippen LogP contribution is 2.17. The van der Waals surface area contributed by atoms with Crippen molar-refractivity contribution in [2.75, 3.05) is 25.1 Å². The van der Waals surface area contributed by atoms with Crippen molar-refractivity contribution in [2.24, 2.45) is 0 Å². The maximum Gasteiger partial charge on any atom is 0.214 e. The van der Waals surface area contributed by atoms with Gasteiger partial charge in [-0.1, -0.05) is 0 Å². The van der Waals surface area contributed by atoms with Crippen molar-refractivity contribution in [1.82, 2.24) is 4.98 Å². The van der Waals surface area contributed by atoms with E-state index >= 15 is 0 Å². The molecule has 0 aromatic carbocycles. The summed E-state index contributed by atoms with van der Waals surface area (Å²) in [6, 6.07) is 3.95. The van der Waals surface area contributed by atoms with Crippen LogP contribution < -0.4 is 9.64 Å². The van der Waals surface area contributed by atoms with Crippen LogP contribution in [0.5, 0.6) is 5.88 Å². The second kappa shape index (κ2) is 4.70. The summed E-state index contributed by atoms with van der Waals surface area (Å²) in [4.78, 5) is 6.31. The zero-order chi connectivity index (χ0) is 9.68. The second-order valence-corrected chi connectivity index (χ2v) is 2.73. The molecule has 0 aliphatic carbocycles. The minimum Gasteiger partial charge on any atom is -0.481 e. The Kier molecular flexibility index (Phi) is 3.55. The SMILES string of the molecule is CCN(CC)c1ccnc(OC)c1. The van der Waals surface area contributed by atoms with Crippen LogP contribution in [0.15, 0.2) is 18.3 Å². The van der Waals surface area contributed by atoms with Gasteiger partial charge in [-0.2, -0.15) is 0 Å². The average Bonchev–Trinajstić information content (AvgIpc) is 2.20. The molecule has 0 fully saturated rings. The normalized spacial score (nSPS) is 9.77. The number of anilines is 1. The van der Waals surface area contributed by atoms with E-state index in [0.717, 1.165) is 18.8 Å². The monoisotopic (exact) mass is 180 g/mol. The predicted molar refractivity (Wildman–Crippen MR) is 54.4 cm³/mol. The molecule has 0 saturated carbocycles. The van der Waals surface area contributed by atoms with E-state index in [-0.39, 0.29) is 0 Å². The highest BCUT2D eigenvalue weighted by atomic mass is 16.5. The third-order valence-electron chi connectivity index (χ3n) is 2.06. The molecule has 0 unspecified atom stereocenters. The third kappa shape index (κ3) is 2.34. The van der Waals surface area contributed by atoms with Crippen LogP contribution in [0.2, 0.25) is 0 Å². The van der Waals surface area contributed by atoms with Crippen LogP contribution in [0.4, 0.5) is 5.69 Å². The lowest BCUT2D eigenvalue weighted by Gasteiger charge is -2.20. The van der Waals surface area contributed by atoms with Crippen molar-refractivity contribution < 1.29 is 4.74 Å². The van der Waals surface area contributed by atoms with Crippen LogP contribution in [0.3, 0.4) is 0 Å². The fraction of sp³-hybridized carbons (Fsp3) is 0.500. The number of pyridine rings is 1. The molecular formula is C10H16N2O. The molecule has 1 aromatic heterocycles. The number of hydrogen-bond donors (Lipinski definition) is 0. The number of rotatable bonds is 4. The summed E-state index contributed by atoms with van der Waals surface area (Å²) < 4.78 is 5.06. The molecule has 1 heterocycles. The minimum absolute atomic E-state index is 0.671. The first-order valence-corrected chi connectivity index (χ1v) is 4.56. The van der Waals surface area contributed by atoms with Gasteiger partial charge >= 0.3 is 0 Å². The van der Waals surface area contributed by atoms with E-state index in [4.69, 9.17) is 4.74 Å². The fourth-order valence-corrected chi connectivity index (χ4v) is 1.30. The Morgan fingerprint density at radius 2 is 2.08 bits per heavy atom. The summed E-state index contributed by atoms with van der Waals surface area (Å²) in [6.45, 7) is 6.28. The summed E-state index contributed by atoms with van der Waals surface area (Å²) in [5.74, 6) is 0.671. The molecule has 1 aromatic rings. The summed E-state index contributed by atoms with van der Waals surface area (Å²) in [6.07, 6.45) is 1.77. The lowest BCUT2D eigenvalue weighted by molar-refractivity contribution is 0.398. The van der Waals surface area contributed by atoms with E-state index in [0.29, 0.717) is 5.88 Å². The Hall–Kier alpha value is -1.25. The van der Waals surface area contributed by atoms with Crippen molar-refractivity contribution in [2.45, 2.75) is 13.8 Å². The summed E-state index contributed by atoms with van der Waals surface area (Å²) in [5.41, 5.74) is 1.16. The molecule has 3 nitrogen and oxygen atoms in total. The standard InChI is InChI=1S/C10H16N2O/c1-4-12(5-2)9-6-7-11-10(8-9)13-3/h6-8H,4-5H2,1-3H3. The van der Waals surface area contributed by atoms with Crippen molar-refractivity contribution in [3.63, 3.8) is 0 Å². The maximum absolute atomic E-state index is 5.06. The molecule has 0 atom stereocenters. The molecule has 0 aliphatic rings. The van der Waals surface area contributed by atoms with Gasteiger partial charge in [0.2, 0.25) is 5.88 Å². The summed E-state index contributed by atoms with van der Waals surface area (Å²) >= 11 is 0. The van der Waals surface area contributed by atoms with E-state index < -0.39 is 0 Å². The molecule has 13 heavy (non-hydrogen) atoms. The predicted octanol–water partition coefficient (Wildman–Crippen LogP) is 1.94. The first-order valence-electron chi connectivity index (χ1n) is 4.56. The van der Waals surface area contributed by atoms with Gasteiger partial charge < -0.3 is 9.64 Å². The lowest BCUT2D eigenvalue weighted by Crippen LogP contribution is -2.21. The fourth-order valence-electron chi connectivity index (χ4n) is 1.30. The minimum atomic E-state index is 0.671. The molecule has 0 radical (unpaired) electrons. The molecule has 3 heteroatoms. The van der Waals surface area contributed by atoms with Crippen molar-refractivity contribution >= 4 is 5.69 Å². The zero-order valence-corrected chi connectivity index (χ0v) is 8.45. The van der Waals surface area contributed by atoms with E-state index in [1.165, 1.54) is 0 Å². The molecule has 0 bridgehead atoms. The summed E-state index contributed by atoms with van der Waals surface area (Å²) in [7, 11) is 1.63. The van der Waals surface area contributed by atoms with Gasteiger partial charge in [0.05, 0.1) is 7.11 Å². The van der Waals surface area contributed by atoms with E-state index in [1.807, 2.05) is 12.1 Å². The largest absolute Gasteiger partial charge is 0.481 e. The van der Waals surface area contributed by atoms with E-state index in [1.54, 1.807) is 13.3 Å². The van der Waals surface area contributed by atoms with Gasteiger partial charge in [0.1, 0.15) is 0 Å². The van der Waals surface area contributed by atoms with Gasteiger partial charge in [-0.05, 0) is 19.9 Å². The molecule has 0 N–H and O–H groups in total. The lowest BCUT2D eigenvalue weighted by atomic mass is 10.3. The number of nitrogens with zero attached hydrogens (tertiary/aromatic N) is 2. The second-order valence-electron chi connectivity index (χ2n) is 2.73. The third-order valence-corrected chi connectivity index (χ3v) is 2.06. The summed E-state index contributed by atoms with van der Waals surface area (Å²) in [5, 5.41) is 0. The van der Waals surface area contributed by atoms with Crippen molar-refractivity contribution in [1.29, 1.82) is 0 Å². The van der Waals surface area contributed by atoms with Crippen LogP contribution in [0.25, 0.3) is 0 Å². The van der Waals surface area contributed by atoms with Crippen LogP contribution >= 0.6 is 0 Å². The number of methoxy groups -OCH3 is 1. The molecule has 0 spiro atoms. The van der Waals surface area contributed by atoms with Gasteiger partial charge in [-0.3, -0.25) is 0 Å². The first-order chi connectivity index (χ1) is 6.31. The maximum atomic E-state index is 5.06. The molecular weight excluding hydrogens is 164 g/mol. The van der Waals surface area contributed by atoms with Gasteiger partial charge in [0, 0.05) is 31.0 Å². The molecule has 0 saturated heterocycles. The zero-order valence-electron chi connectivity index (χ0n) is 8.45. The smallest absolute Gasteiger partial charge is 0.214 e. The van der Waals surface area contributed by atoms with Crippen molar-refractivity contribution in [3.8, 4) is 5.88 Å². The average molecular weight is 180 g/mol. The van der Waals surface area contributed by atoms with Crippen LogP contribution in [0, 0.1) is 0 Å². The Bertz CT molecular complexity index is 259. The van der Waals surface area contributed by atoms with E-state index in [2.05, 4.69) is 23.7 Å². The number of aromatic nitrogens is 1. The number of ether oxygens (including phenoxy) is 1. The van der Waals surface area contributed by atoms with Gasteiger partial charge in [-0.15, -0.1) is 0 Å². The van der Waals surface area contributed by atoms with Crippen LogP contribution in [-0.4, -0.2) is 25.2 Å². The van der Waals surface area contributed by atoms with Crippen LogP contribution in [-0.2, 0) is 0 Å². The van der Waals surface area contributed by atoms with E-state index in [9.17, 15) is 0 Å². The topological polar surface area (TPSA) is 25.4 Å². The Balaban J connectivity index is 2.86. The van der Waals surface area contributed by atoms with Gasteiger partial charge in [0.15, 0.2) is 0 Å². The van der Waals surface area contributed by atoms with Gasteiger partial charge in [0.25, 0.3) is 0 Å².